The van der Waals surface area contributed by atoms with Crippen molar-refractivity contribution in [2.75, 3.05) is 7.11 Å². The van der Waals surface area contributed by atoms with Crippen molar-refractivity contribution in [1.29, 1.82) is 0 Å². The Balaban J connectivity index is 1.89. The molecule has 1 unspecified atom stereocenters. The first-order valence-electron chi connectivity index (χ1n) is 9.21. The smallest absolute Gasteiger partial charge is 0.246 e. The van der Waals surface area contributed by atoms with Gasteiger partial charge in [-0.15, -0.1) is 0 Å². The zero-order valence-corrected chi connectivity index (χ0v) is 15.6. The van der Waals surface area contributed by atoms with E-state index in [9.17, 15) is 9.59 Å². The van der Waals surface area contributed by atoms with Crippen LogP contribution in [0.2, 0.25) is 0 Å². The van der Waals surface area contributed by atoms with E-state index >= 15 is 0 Å². The number of aromatic amines is 1. The van der Waals surface area contributed by atoms with Crippen LogP contribution in [-0.2, 0) is 16.0 Å². The molecule has 0 saturated carbocycles. The van der Waals surface area contributed by atoms with E-state index in [4.69, 9.17) is 4.74 Å². The summed E-state index contributed by atoms with van der Waals surface area (Å²) in [6, 6.07) is 4.94. The Bertz CT molecular complexity index is 886. The highest BCUT2D eigenvalue weighted by molar-refractivity contribution is 5.98. The van der Waals surface area contributed by atoms with Gasteiger partial charge in [0.15, 0.2) is 0 Å². The number of amides is 2. The monoisotopic (exact) mass is 355 g/mol. The van der Waals surface area contributed by atoms with Gasteiger partial charge in [-0.2, -0.15) is 0 Å². The summed E-state index contributed by atoms with van der Waals surface area (Å²) < 4.78 is 5.34. The molecule has 2 aliphatic rings. The highest BCUT2D eigenvalue weighted by atomic mass is 16.5. The number of ether oxygens (including phenoxy) is 1. The third-order valence-corrected chi connectivity index (χ3v) is 5.53. The number of nitrogens with one attached hydrogen (secondary N) is 2. The SMILES string of the molecule is COc1ccc2c3c([nH]c2c1)C(CC(C)C)N1C(=O)[C@@H](C)NC(=O)[C@@H]1C3. The number of methoxy groups -OCH3 is 1. The number of aromatic nitrogens is 1. The van der Waals surface area contributed by atoms with Crippen molar-refractivity contribution in [2.24, 2.45) is 5.92 Å². The van der Waals surface area contributed by atoms with Gasteiger partial charge >= 0.3 is 0 Å². The molecule has 1 aromatic heterocycles. The fraction of sp³-hybridized carbons (Fsp3) is 0.500. The first-order chi connectivity index (χ1) is 12.4. The first-order valence-corrected chi connectivity index (χ1v) is 9.21. The summed E-state index contributed by atoms with van der Waals surface area (Å²) >= 11 is 0. The van der Waals surface area contributed by atoms with Gasteiger partial charge in [-0.3, -0.25) is 9.59 Å². The molecule has 0 spiro atoms. The number of nitrogens with zero attached hydrogens (tertiary/aromatic N) is 1. The van der Waals surface area contributed by atoms with E-state index in [-0.39, 0.29) is 17.9 Å². The fourth-order valence-electron chi connectivity index (χ4n) is 4.33. The van der Waals surface area contributed by atoms with E-state index in [1.165, 1.54) is 0 Å². The number of carbonyl (C=O) groups excluding carboxylic acids is 2. The minimum Gasteiger partial charge on any atom is -0.497 e. The molecular weight excluding hydrogens is 330 g/mol. The van der Waals surface area contributed by atoms with Crippen molar-refractivity contribution in [2.45, 2.75) is 51.7 Å². The minimum atomic E-state index is -0.473. The van der Waals surface area contributed by atoms with Crippen molar-refractivity contribution in [3.63, 3.8) is 0 Å². The van der Waals surface area contributed by atoms with E-state index in [1.807, 2.05) is 23.1 Å². The molecule has 0 bridgehead atoms. The Morgan fingerprint density at radius 1 is 1.31 bits per heavy atom. The molecule has 2 aliphatic heterocycles. The maximum atomic E-state index is 12.9. The summed E-state index contributed by atoms with van der Waals surface area (Å²) in [5.41, 5.74) is 3.20. The summed E-state index contributed by atoms with van der Waals surface area (Å²) in [5, 5.41) is 3.94. The first kappa shape index (κ1) is 16.9. The van der Waals surface area contributed by atoms with Crippen LogP contribution >= 0.6 is 0 Å². The Labute approximate surface area is 152 Å². The number of fused-ring (bicyclic) bond motifs is 4. The lowest BCUT2D eigenvalue weighted by molar-refractivity contribution is -0.153. The van der Waals surface area contributed by atoms with Crippen LogP contribution in [0.15, 0.2) is 18.2 Å². The molecule has 0 radical (unpaired) electrons. The van der Waals surface area contributed by atoms with Crippen LogP contribution in [0.3, 0.4) is 0 Å². The van der Waals surface area contributed by atoms with Gasteiger partial charge in [-0.1, -0.05) is 13.8 Å². The lowest BCUT2D eigenvalue weighted by Crippen LogP contribution is -2.65. The lowest BCUT2D eigenvalue weighted by atomic mass is 9.85. The van der Waals surface area contributed by atoms with Gasteiger partial charge in [0.25, 0.3) is 0 Å². The zero-order valence-electron chi connectivity index (χ0n) is 15.6. The minimum absolute atomic E-state index is 0.00198. The van der Waals surface area contributed by atoms with E-state index in [2.05, 4.69) is 24.1 Å². The maximum Gasteiger partial charge on any atom is 0.246 e. The van der Waals surface area contributed by atoms with Crippen LogP contribution in [0, 0.1) is 5.92 Å². The van der Waals surface area contributed by atoms with E-state index in [0.717, 1.165) is 34.3 Å². The summed E-state index contributed by atoms with van der Waals surface area (Å²) in [5.74, 6) is 1.14. The molecule has 1 aromatic carbocycles. The van der Waals surface area contributed by atoms with Gasteiger partial charge in [0.05, 0.1) is 13.2 Å². The quantitative estimate of drug-likeness (QED) is 0.888. The Morgan fingerprint density at radius 3 is 2.77 bits per heavy atom. The molecule has 4 rings (SSSR count). The Hall–Kier alpha value is -2.50. The lowest BCUT2D eigenvalue weighted by Gasteiger charge is -2.46. The second-order valence-electron chi connectivity index (χ2n) is 7.77. The standard InChI is InChI=1S/C20H25N3O3/c1-10(2)7-16-18-14(13-6-5-12(26-4)8-15(13)22-18)9-17-19(24)21-11(3)20(25)23(16)17/h5-6,8,10-11,16-17,22H,7,9H2,1-4H3,(H,21,24)/t11-,16?,17+/m1/s1. The fourth-order valence-corrected chi connectivity index (χ4v) is 4.33. The number of piperazine rings is 1. The number of rotatable bonds is 3. The summed E-state index contributed by atoms with van der Waals surface area (Å²) in [6.45, 7) is 6.05. The molecule has 3 atom stereocenters. The van der Waals surface area contributed by atoms with E-state index in [0.29, 0.717) is 12.3 Å². The molecule has 1 fully saturated rings. The van der Waals surface area contributed by atoms with Gasteiger partial charge < -0.3 is 19.9 Å². The molecule has 6 nitrogen and oxygen atoms in total. The number of hydrogen-bond donors (Lipinski definition) is 2. The number of H-pyrrole nitrogens is 1. The van der Waals surface area contributed by atoms with Crippen LogP contribution in [0.5, 0.6) is 5.75 Å². The Morgan fingerprint density at radius 2 is 2.08 bits per heavy atom. The highest BCUT2D eigenvalue weighted by Crippen LogP contribution is 2.42. The third kappa shape index (κ3) is 2.47. The molecule has 1 saturated heterocycles. The summed E-state index contributed by atoms with van der Waals surface area (Å²) in [7, 11) is 1.65. The van der Waals surface area contributed by atoms with Gasteiger partial charge in [0.2, 0.25) is 11.8 Å². The Kier molecular flexibility index (Phi) is 3.93. The predicted octanol–water partition coefficient (Wildman–Crippen LogP) is 2.54. The van der Waals surface area contributed by atoms with Gasteiger partial charge in [0, 0.05) is 29.1 Å². The predicted molar refractivity (Wildman–Crippen MR) is 99.0 cm³/mol. The molecule has 0 aliphatic carbocycles. The van der Waals surface area contributed by atoms with Crippen molar-refractivity contribution < 1.29 is 14.3 Å². The molecule has 3 heterocycles. The van der Waals surface area contributed by atoms with E-state index < -0.39 is 12.1 Å². The van der Waals surface area contributed by atoms with Crippen molar-refractivity contribution in [3.05, 3.63) is 29.5 Å². The molecule has 2 aromatic rings. The second kappa shape index (κ2) is 6.04. The molecule has 26 heavy (non-hydrogen) atoms. The molecule has 138 valence electrons. The van der Waals surface area contributed by atoms with Gasteiger partial charge in [0.1, 0.15) is 17.8 Å². The van der Waals surface area contributed by atoms with Crippen molar-refractivity contribution in [3.8, 4) is 5.75 Å². The molecule has 6 heteroatoms. The average Bonchev–Trinajstić information content (AvgIpc) is 2.96. The van der Waals surface area contributed by atoms with Gasteiger partial charge in [-0.25, -0.2) is 0 Å². The van der Waals surface area contributed by atoms with Crippen molar-refractivity contribution in [1.82, 2.24) is 15.2 Å². The zero-order chi connectivity index (χ0) is 18.6. The largest absolute Gasteiger partial charge is 0.497 e. The third-order valence-electron chi connectivity index (χ3n) is 5.53. The topological polar surface area (TPSA) is 74.4 Å². The summed E-state index contributed by atoms with van der Waals surface area (Å²) in [4.78, 5) is 30.9. The van der Waals surface area contributed by atoms with Crippen LogP contribution in [0.1, 0.15) is 44.5 Å². The van der Waals surface area contributed by atoms with Crippen LogP contribution in [0.4, 0.5) is 0 Å². The average molecular weight is 355 g/mol. The molecule has 2 amide bonds. The van der Waals surface area contributed by atoms with Crippen LogP contribution in [-0.4, -0.2) is 40.9 Å². The molecular formula is C20H25N3O3. The van der Waals surface area contributed by atoms with Crippen molar-refractivity contribution >= 4 is 22.7 Å². The van der Waals surface area contributed by atoms with E-state index in [1.54, 1.807) is 14.0 Å². The second-order valence-corrected chi connectivity index (χ2v) is 7.77. The number of benzene rings is 1. The highest BCUT2D eigenvalue weighted by Gasteiger charge is 2.47. The maximum absolute atomic E-state index is 12.9. The van der Waals surface area contributed by atoms with Crippen LogP contribution in [0.25, 0.3) is 10.9 Å². The number of carbonyl (C=O) groups is 2. The van der Waals surface area contributed by atoms with Crippen LogP contribution < -0.4 is 10.1 Å². The van der Waals surface area contributed by atoms with Gasteiger partial charge in [-0.05, 0) is 37.0 Å². The summed E-state index contributed by atoms with van der Waals surface area (Å²) in [6.07, 6.45) is 1.36. The number of hydrogen-bond acceptors (Lipinski definition) is 3. The molecule has 2 N–H and O–H groups in total. The normalized spacial score (nSPS) is 25.3.